The molecule has 1 heterocycles. The van der Waals surface area contributed by atoms with Gasteiger partial charge in [0.2, 0.25) is 10.0 Å². The molecule has 152 valence electrons. The molecule has 3 rings (SSSR count). The molecule has 1 aliphatic heterocycles. The van der Waals surface area contributed by atoms with Crippen LogP contribution in [0.2, 0.25) is 0 Å². The molecule has 0 unspecified atom stereocenters. The van der Waals surface area contributed by atoms with Gasteiger partial charge in [-0.15, -0.1) is 0 Å². The number of hydrogen-bond acceptors (Lipinski definition) is 4. The lowest BCUT2D eigenvalue weighted by atomic mass is 10.1. The zero-order valence-electron chi connectivity index (χ0n) is 16.3. The first kappa shape index (κ1) is 20.7. The molecule has 0 aromatic heterocycles. The van der Waals surface area contributed by atoms with Crippen molar-refractivity contribution in [1.29, 1.82) is 0 Å². The van der Waals surface area contributed by atoms with Gasteiger partial charge in [0.1, 0.15) is 0 Å². The van der Waals surface area contributed by atoms with Crippen molar-refractivity contribution in [3.8, 4) is 0 Å². The van der Waals surface area contributed by atoms with Gasteiger partial charge in [0, 0.05) is 13.7 Å². The van der Waals surface area contributed by atoms with Gasteiger partial charge in [-0.2, -0.15) is 4.31 Å². The SMILES string of the molecule is COCCNC(=O)[C@H](C)[NH+]1CCN(S(=O)(=O)c2ccc3ccccc3c2)CC1. The van der Waals surface area contributed by atoms with E-state index < -0.39 is 10.0 Å². The number of methoxy groups -OCH3 is 1. The number of piperazine rings is 1. The van der Waals surface area contributed by atoms with Gasteiger partial charge in [0.25, 0.3) is 5.91 Å². The molecule has 28 heavy (non-hydrogen) atoms. The van der Waals surface area contributed by atoms with Crippen LogP contribution < -0.4 is 10.2 Å². The normalized spacial score (nSPS) is 17.5. The highest BCUT2D eigenvalue weighted by Crippen LogP contribution is 2.21. The van der Waals surface area contributed by atoms with Crippen molar-refractivity contribution in [3.63, 3.8) is 0 Å². The molecule has 1 saturated heterocycles. The number of ether oxygens (including phenoxy) is 1. The maximum atomic E-state index is 13.0. The van der Waals surface area contributed by atoms with Crippen LogP contribution in [-0.4, -0.2) is 71.1 Å². The van der Waals surface area contributed by atoms with E-state index in [1.54, 1.807) is 19.2 Å². The fourth-order valence-electron chi connectivity index (χ4n) is 3.54. The third-order valence-electron chi connectivity index (χ3n) is 5.33. The molecule has 0 saturated carbocycles. The molecule has 8 heteroatoms. The molecular weight excluding hydrogens is 378 g/mol. The highest BCUT2D eigenvalue weighted by atomic mass is 32.2. The molecule has 2 aromatic carbocycles. The van der Waals surface area contributed by atoms with Gasteiger partial charge in [0.15, 0.2) is 6.04 Å². The molecule has 0 bridgehead atoms. The Morgan fingerprint density at radius 3 is 2.54 bits per heavy atom. The smallest absolute Gasteiger partial charge is 0.278 e. The second kappa shape index (κ2) is 9.00. The molecule has 1 amide bonds. The van der Waals surface area contributed by atoms with Gasteiger partial charge in [0.05, 0.1) is 37.7 Å². The van der Waals surface area contributed by atoms with Crippen LogP contribution in [0.5, 0.6) is 0 Å². The molecular formula is C20H28N3O4S+. The van der Waals surface area contributed by atoms with Crippen molar-refractivity contribution in [2.75, 3.05) is 46.4 Å². The van der Waals surface area contributed by atoms with Gasteiger partial charge in [-0.3, -0.25) is 4.79 Å². The Labute approximate surface area is 166 Å². The largest absolute Gasteiger partial charge is 0.383 e. The molecule has 0 aliphatic carbocycles. The Morgan fingerprint density at radius 1 is 1.18 bits per heavy atom. The number of carbonyl (C=O) groups excluding carboxylic acids is 1. The van der Waals surface area contributed by atoms with Crippen molar-refractivity contribution in [1.82, 2.24) is 9.62 Å². The predicted molar refractivity (Wildman–Crippen MR) is 108 cm³/mol. The van der Waals surface area contributed by atoms with Gasteiger partial charge in [-0.05, 0) is 29.8 Å². The number of sulfonamides is 1. The number of hydrogen-bond donors (Lipinski definition) is 2. The maximum Gasteiger partial charge on any atom is 0.278 e. The predicted octanol–water partition coefficient (Wildman–Crippen LogP) is -0.120. The Morgan fingerprint density at radius 2 is 1.86 bits per heavy atom. The van der Waals surface area contributed by atoms with E-state index in [9.17, 15) is 13.2 Å². The summed E-state index contributed by atoms with van der Waals surface area (Å²) in [7, 11) is -1.94. The van der Waals surface area contributed by atoms with E-state index in [0.717, 1.165) is 15.7 Å². The molecule has 7 nitrogen and oxygen atoms in total. The Balaban J connectivity index is 1.63. The summed E-state index contributed by atoms with van der Waals surface area (Å²) in [6.45, 7) is 4.85. The Hall–Kier alpha value is -2.00. The van der Waals surface area contributed by atoms with E-state index >= 15 is 0 Å². The number of carbonyl (C=O) groups is 1. The average molecular weight is 407 g/mol. The first-order valence-electron chi connectivity index (χ1n) is 9.53. The molecule has 2 N–H and O–H groups in total. The number of nitrogens with zero attached hydrogens (tertiary/aromatic N) is 1. The van der Waals surface area contributed by atoms with Crippen molar-refractivity contribution >= 4 is 26.7 Å². The number of fused-ring (bicyclic) bond motifs is 1. The van der Waals surface area contributed by atoms with Crippen molar-refractivity contribution < 1.29 is 22.8 Å². The molecule has 1 atom stereocenters. The summed E-state index contributed by atoms with van der Waals surface area (Å²) >= 11 is 0. The third-order valence-corrected chi connectivity index (χ3v) is 7.23. The minimum absolute atomic E-state index is 0.0297. The number of amides is 1. The van der Waals surface area contributed by atoms with Crippen LogP contribution in [0.15, 0.2) is 47.4 Å². The third kappa shape index (κ3) is 4.52. The summed E-state index contributed by atoms with van der Waals surface area (Å²) in [6, 6.07) is 12.7. The molecule has 0 radical (unpaired) electrons. The van der Waals surface area contributed by atoms with E-state index in [2.05, 4.69) is 5.32 Å². The minimum Gasteiger partial charge on any atom is -0.383 e. The van der Waals surface area contributed by atoms with Gasteiger partial charge in [-0.25, -0.2) is 8.42 Å². The van der Waals surface area contributed by atoms with E-state index in [1.807, 2.05) is 37.3 Å². The highest BCUT2D eigenvalue weighted by molar-refractivity contribution is 7.89. The van der Waals surface area contributed by atoms with Crippen molar-refractivity contribution in [3.05, 3.63) is 42.5 Å². The summed E-state index contributed by atoms with van der Waals surface area (Å²) in [5.41, 5.74) is 0. The topological polar surface area (TPSA) is 80.2 Å². The van der Waals surface area contributed by atoms with Crippen LogP contribution in [0.25, 0.3) is 10.8 Å². The summed E-state index contributed by atoms with van der Waals surface area (Å²) in [5, 5.41) is 4.78. The first-order valence-corrected chi connectivity index (χ1v) is 11.0. The Bertz CT molecular complexity index is 924. The van der Waals surface area contributed by atoms with Gasteiger partial charge in [-0.1, -0.05) is 30.3 Å². The monoisotopic (exact) mass is 406 g/mol. The fraction of sp³-hybridized carbons (Fsp3) is 0.450. The van der Waals surface area contributed by atoms with Crippen LogP contribution in [0.3, 0.4) is 0 Å². The lowest BCUT2D eigenvalue weighted by Crippen LogP contribution is -3.19. The number of quaternary nitrogens is 1. The van der Waals surface area contributed by atoms with Crippen molar-refractivity contribution in [2.45, 2.75) is 17.9 Å². The van der Waals surface area contributed by atoms with Crippen LogP contribution in [0.1, 0.15) is 6.92 Å². The Kier molecular flexibility index (Phi) is 6.66. The second-order valence-electron chi connectivity index (χ2n) is 7.08. The standard InChI is InChI=1S/C20H27N3O4S/c1-16(20(24)21-9-14-27-2)22-10-12-23(13-11-22)28(25,26)19-8-7-17-5-3-4-6-18(17)15-19/h3-8,15-16H,9-14H2,1-2H3,(H,21,24)/p+1/t16-/m0/s1. The van der Waals surface area contributed by atoms with Crippen LogP contribution in [0, 0.1) is 0 Å². The number of benzene rings is 2. The zero-order chi connectivity index (χ0) is 20.1. The quantitative estimate of drug-likeness (QED) is 0.629. The average Bonchev–Trinajstić information content (AvgIpc) is 2.73. The van der Waals surface area contributed by atoms with E-state index in [4.69, 9.17) is 4.74 Å². The number of rotatable bonds is 7. The van der Waals surface area contributed by atoms with E-state index in [0.29, 0.717) is 44.2 Å². The molecule has 2 aromatic rings. The molecule has 1 fully saturated rings. The summed E-state index contributed by atoms with van der Waals surface area (Å²) in [4.78, 5) is 13.6. The lowest BCUT2D eigenvalue weighted by molar-refractivity contribution is -0.917. The van der Waals surface area contributed by atoms with Crippen molar-refractivity contribution in [2.24, 2.45) is 0 Å². The first-order chi connectivity index (χ1) is 13.4. The van der Waals surface area contributed by atoms with Crippen LogP contribution in [0.4, 0.5) is 0 Å². The van der Waals surface area contributed by atoms with Gasteiger partial charge < -0.3 is 15.0 Å². The highest BCUT2D eigenvalue weighted by Gasteiger charge is 2.34. The maximum absolute atomic E-state index is 13.0. The zero-order valence-corrected chi connectivity index (χ0v) is 17.2. The summed E-state index contributed by atoms with van der Waals surface area (Å²) in [6.07, 6.45) is 0. The number of nitrogens with one attached hydrogen (secondary N) is 2. The van der Waals surface area contributed by atoms with Crippen LogP contribution >= 0.6 is 0 Å². The van der Waals surface area contributed by atoms with E-state index in [1.165, 1.54) is 4.31 Å². The summed E-state index contributed by atoms with van der Waals surface area (Å²) in [5.74, 6) is -0.0297. The second-order valence-corrected chi connectivity index (χ2v) is 9.01. The fourth-order valence-corrected chi connectivity index (χ4v) is 5.02. The molecule has 0 spiro atoms. The van der Waals surface area contributed by atoms with E-state index in [-0.39, 0.29) is 11.9 Å². The molecule has 1 aliphatic rings. The minimum atomic E-state index is -3.54. The van der Waals surface area contributed by atoms with Gasteiger partial charge >= 0.3 is 0 Å². The van der Waals surface area contributed by atoms with Crippen LogP contribution in [-0.2, 0) is 19.6 Å². The summed E-state index contributed by atoms with van der Waals surface area (Å²) < 4.78 is 32.5. The lowest BCUT2D eigenvalue weighted by Gasteiger charge is -2.34.